The van der Waals surface area contributed by atoms with Crippen LogP contribution < -0.4 is 14.4 Å². The highest BCUT2D eigenvalue weighted by atomic mass is 35.5. The lowest BCUT2D eigenvalue weighted by Gasteiger charge is -2.32. The highest BCUT2D eigenvalue weighted by molar-refractivity contribution is 6.31. The summed E-state index contributed by atoms with van der Waals surface area (Å²) in [5.41, 5.74) is 0. The standard InChI is InChI=1S/C16H19ClN4O2/c1-22-14-6-8-19-16(20-14)21-9-3-4-12(10-21)11-23-15-13(17)5-2-7-18-15/h2,5-8,12H,3-4,9-11H2,1H3. The summed E-state index contributed by atoms with van der Waals surface area (Å²) in [6.45, 7) is 2.36. The van der Waals surface area contributed by atoms with Crippen molar-refractivity contribution in [3.05, 3.63) is 35.6 Å². The van der Waals surface area contributed by atoms with Gasteiger partial charge in [-0.3, -0.25) is 0 Å². The Bertz CT molecular complexity index is 655. The number of hydrogen-bond acceptors (Lipinski definition) is 6. The van der Waals surface area contributed by atoms with E-state index >= 15 is 0 Å². The Hall–Kier alpha value is -2.08. The Balaban J connectivity index is 1.61. The van der Waals surface area contributed by atoms with Crippen LogP contribution in [0.1, 0.15) is 12.8 Å². The fourth-order valence-electron chi connectivity index (χ4n) is 2.66. The predicted molar refractivity (Wildman–Crippen MR) is 88.3 cm³/mol. The van der Waals surface area contributed by atoms with Gasteiger partial charge in [-0.05, 0) is 25.0 Å². The highest BCUT2D eigenvalue weighted by Crippen LogP contribution is 2.24. The molecule has 0 aliphatic carbocycles. The molecule has 3 rings (SSSR count). The Morgan fingerprint density at radius 1 is 1.30 bits per heavy atom. The van der Waals surface area contributed by atoms with Crippen molar-refractivity contribution in [1.82, 2.24) is 15.0 Å². The molecule has 122 valence electrons. The molecule has 0 spiro atoms. The van der Waals surface area contributed by atoms with Crippen molar-refractivity contribution in [3.8, 4) is 11.8 Å². The van der Waals surface area contributed by atoms with Gasteiger partial charge < -0.3 is 14.4 Å². The first kappa shape index (κ1) is 15.8. The minimum absolute atomic E-state index is 0.386. The third kappa shape index (κ3) is 4.01. The van der Waals surface area contributed by atoms with E-state index in [1.165, 1.54) is 0 Å². The fraction of sp³-hybridized carbons (Fsp3) is 0.438. The molecule has 1 aliphatic heterocycles. The molecule has 1 aliphatic rings. The van der Waals surface area contributed by atoms with E-state index in [0.29, 0.717) is 35.3 Å². The van der Waals surface area contributed by atoms with Crippen molar-refractivity contribution in [2.24, 2.45) is 5.92 Å². The molecule has 7 heteroatoms. The number of aromatic nitrogens is 3. The summed E-state index contributed by atoms with van der Waals surface area (Å²) in [5, 5.41) is 0.538. The molecular formula is C16H19ClN4O2. The lowest BCUT2D eigenvalue weighted by molar-refractivity contribution is 0.221. The van der Waals surface area contributed by atoms with Crippen LogP contribution in [0.25, 0.3) is 0 Å². The van der Waals surface area contributed by atoms with Crippen molar-refractivity contribution in [2.45, 2.75) is 12.8 Å². The van der Waals surface area contributed by atoms with Gasteiger partial charge in [-0.25, -0.2) is 9.97 Å². The second-order valence-electron chi connectivity index (χ2n) is 5.45. The summed E-state index contributed by atoms with van der Waals surface area (Å²) in [6, 6.07) is 5.32. The number of pyridine rings is 1. The van der Waals surface area contributed by atoms with Gasteiger partial charge in [0.25, 0.3) is 0 Å². The number of halogens is 1. The smallest absolute Gasteiger partial charge is 0.232 e. The average molecular weight is 335 g/mol. The van der Waals surface area contributed by atoms with Crippen molar-refractivity contribution < 1.29 is 9.47 Å². The van der Waals surface area contributed by atoms with E-state index in [1.807, 2.05) is 0 Å². The SMILES string of the molecule is COc1ccnc(N2CCCC(COc3ncccc3Cl)C2)n1. The number of anilines is 1. The molecule has 0 amide bonds. The minimum Gasteiger partial charge on any atom is -0.481 e. The van der Waals surface area contributed by atoms with Gasteiger partial charge in [-0.1, -0.05) is 11.6 Å². The summed E-state index contributed by atoms with van der Waals surface area (Å²) >= 11 is 6.07. The van der Waals surface area contributed by atoms with Gasteiger partial charge in [0.1, 0.15) is 5.02 Å². The van der Waals surface area contributed by atoms with Crippen molar-refractivity contribution in [2.75, 3.05) is 31.7 Å². The number of ether oxygens (including phenoxy) is 2. The van der Waals surface area contributed by atoms with Crippen molar-refractivity contribution in [1.29, 1.82) is 0 Å². The normalized spacial score (nSPS) is 17.8. The van der Waals surface area contributed by atoms with Gasteiger partial charge in [0, 0.05) is 37.5 Å². The number of rotatable bonds is 5. The molecule has 3 heterocycles. The molecule has 1 fully saturated rings. The summed E-state index contributed by atoms with van der Waals surface area (Å²) < 4.78 is 10.9. The second kappa shape index (κ2) is 7.46. The van der Waals surface area contributed by atoms with Crippen LogP contribution in [0.2, 0.25) is 5.02 Å². The maximum Gasteiger partial charge on any atom is 0.232 e. The van der Waals surface area contributed by atoms with Gasteiger partial charge in [0.2, 0.25) is 17.7 Å². The van der Waals surface area contributed by atoms with E-state index in [-0.39, 0.29) is 0 Å². The highest BCUT2D eigenvalue weighted by Gasteiger charge is 2.23. The van der Waals surface area contributed by atoms with Crippen LogP contribution in [0.5, 0.6) is 11.8 Å². The Morgan fingerprint density at radius 2 is 2.22 bits per heavy atom. The molecule has 1 saturated heterocycles. The molecule has 0 saturated carbocycles. The van der Waals surface area contributed by atoms with E-state index in [2.05, 4.69) is 19.9 Å². The Kier molecular flexibility index (Phi) is 5.12. The lowest BCUT2D eigenvalue weighted by Crippen LogP contribution is -2.38. The molecule has 0 aromatic carbocycles. The van der Waals surface area contributed by atoms with Crippen LogP contribution in [0.3, 0.4) is 0 Å². The molecule has 1 atom stereocenters. The van der Waals surface area contributed by atoms with Crippen LogP contribution in [0.4, 0.5) is 5.95 Å². The second-order valence-corrected chi connectivity index (χ2v) is 5.86. The van der Waals surface area contributed by atoms with Crippen LogP contribution in [-0.2, 0) is 0 Å². The van der Waals surface area contributed by atoms with E-state index in [4.69, 9.17) is 21.1 Å². The zero-order valence-corrected chi connectivity index (χ0v) is 13.7. The Labute approximate surface area is 140 Å². The zero-order chi connectivity index (χ0) is 16.1. The van der Waals surface area contributed by atoms with Crippen molar-refractivity contribution >= 4 is 17.5 Å². The molecule has 6 nitrogen and oxygen atoms in total. The lowest BCUT2D eigenvalue weighted by atomic mass is 9.99. The molecule has 23 heavy (non-hydrogen) atoms. The van der Waals surface area contributed by atoms with Gasteiger partial charge in [-0.2, -0.15) is 4.98 Å². The summed E-state index contributed by atoms with van der Waals surface area (Å²) in [6.07, 6.45) is 5.57. The predicted octanol–water partition coefficient (Wildman–Crippen LogP) is 2.83. The molecule has 0 N–H and O–H groups in total. The van der Waals surface area contributed by atoms with E-state index < -0.39 is 0 Å². The molecule has 0 bridgehead atoms. The number of nitrogens with zero attached hydrogens (tertiary/aromatic N) is 4. The summed E-state index contributed by atoms with van der Waals surface area (Å²) in [7, 11) is 1.61. The van der Waals surface area contributed by atoms with Gasteiger partial charge >= 0.3 is 0 Å². The quantitative estimate of drug-likeness (QED) is 0.838. The van der Waals surface area contributed by atoms with E-state index in [0.717, 1.165) is 25.9 Å². The average Bonchev–Trinajstić information content (AvgIpc) is 2.61. The maximum atomic E-state index is 6.07. The largest absolute Gasteiger partial charge is 0.481 e. The number of methoxy groups -OCH3 is 1. The molecule has 2 aromatic heterocycles. The zero-order valence-electron chi connectivity index (χ0n) is 13.0. The van der Waals surface area contributed by atoms with Gasteiger partial charge in [-0.15, -0.1) is 0 Å². The van der Waals surface area contributed by atoms with Crippen LogP contribution in [0.15, 0.2) is 30.6 Å². The van der Waals surface area contributed by atoms with Crippen LogP contribution >= 0.6 is 11.6 Å². The molecule has 0 radical (unpaired) electrons. The van der Waals surface area contributed by atoms with Crippen molar-refractivity contribution in [3.63, 3.8) is 0 Å². The van der Waals surface area contributed by atoms with E-state index in [9.17, 15) is 0 Å². The summed E-state index contributed by atoms with van der Waals surface area (Å²) in [5.74, 6) is 2.15. The van der Waals surface area contributed by atoms with Gasteiger partial charge in [0.15, 0.2) is 0 Å². The van der Waals surface area contributed by atoms with E-state index in [1.54, 1.807) is 37.7 Å². The van der Waals surface area contributed by atoms with Crippen LogP contribution in [-0.4, -0.2) is 41.8 Å². The first-order valence-corrected chi connectivity index (χ1v) is 7.99. The number of piperidine rings is 1. The minimum atomic E-state index is 0.386. The van der Waals surface area contributed by atoms with Crippen LogP contribution in [0, 0.1) is 5.92 Å². The van der Waals surface area contributed by atoms with Gasteiger partial charge in [0.05, 0.1) is 13.7 Å². The third-order valence-corrected chi connectivity index (χ3v) is 4.10. The maximum absolute atomic E-state index is 6.07. The summed E-state index contributed by atoms with van der Waals surface area (Å²) in [4.78, 5) is 15.1. The topological polar surface area (TPSA) is 60.4 Å². The third-order valence-electron chi connectivity index (χ3n) is 3.81. The monoisotopic (exact) mass is 334 g/mol. The first-order valence-electron chi connectivity index (χ1n) is 7.61. The first-order chi connectivity index (χ1) is 11.3. The molecule has 2 aromatic rings. The fourth-order valence-corrected chi connectivity index (χ4v) is 2.83. The molecule has 1 unspecified atom stereocenters. The molecular weight excluding hydrogens is 316 g/mol. The number of hydrogen-bond donors (Lipinski definition) is 0. The Morgan fingerprint density at radius 3 is 3.04 bits per heavy atom.